The van der Waals surface area contributed by atoms with E-state index in [1.807, 2.05) is 41.8 Å². The van der Waals surface area contributed by atoms with Gasteiger partial charge in [-0.1, -0.05) is 6.07 Å². The lowest BCUT2D eigenvalue weighted by molar-refractivity contribution is -0.671. The van der Waals surface area contributed by atoms with Crippen molar-refractivity contribution in [1.82, 2.24) is 4.57 Å². The van der Waals surface area contributed by atoms with E-state index in [-0.39, 0.29) is 17.2 Å². The Bertz CT molecular complexity index is 723. The first kappa shape index (κ1) is 15.4. The largest absolute Gasteiger partial charge is 0.506 e. The third kappa shape index (κ3) is 4.49. The minimum Gasteiger partial charge on any atom is -0.506 e. The first-order chi connectivity index (χ1) is 9.85. The van der Waals surface area contributed by atoms with Crippen molar-refractivity contribution in [3.63, 3.8) is 0 Å². The van der Waals surface area contributed by atoms with Gasteiger partial charge in [0.05, 0.1) is 25.0 Å². The van der Waals surface area contributed by atoms with E-state index in [0.717, 1.165) is 5.56 Å². The Morgan fingerprint density at radius 2 is 2.14 bits per heavy atom. The summed E-state index contributed by atoms with van der Waals surface area (Å²) in [5.74, 6) is -0.0571. The summed E-state index contributed by atoms with van der Waals surface area (Å²) < 4.78 is 30.2. The van der Waals surface area contributed by atoms with Crippen LogP contribution in [0.15, 0.2) is 36.9 Å². The third-order valence-corrected chi connectivity index (χ3v) is 4.43. The quantitative estimate of drug-likeness (QED) is 0.621. The molecule has 0 bridgehead atoms. The number of anilines is 1. The second-order valence-electron chi connectivity index (χ2n) is 5.11. The van der Waals surface area contributed by atoms with Crippen LogP contribution >= 0.6 is 0 Å². The molecular formula is C14H20N3O3S+. The number of nitrogens with one attached hydrogen (secondary N) is 1. The van der Waals surface area contributed by atoms with Gasteiger partial charge < -0.3 is 5.11 Å². The fraction of sp³-hybridized carbons (Fsp3) is 0.357. The fourth-order valence-corrected chi connectivity index (χ4v) is 3.14. The van der Waals surface area contributed by atoms with Crippen molar-refractivity contribution < 1.29 is 18.1 Å². The molecule has 0 fully saturated rings. The second-order valence-corrected chi connectivity index (χ2v) is 6.95. The maximum absolute atomic E-state index is 12.0. The summed E-state index contributed by atoms with van der Waals surface area (Å²) in [5.41, 5.74) is 1.09. The predicted octanol–water partition coefficient (Wildman–Crippen LogP) is 1.16. The predicted molar refractivity (Wildman–Crippen MR) is 80.5 cm³/mol. The summed E-state index contributed by atoms with van der Waals surface area (Å²) in [4.78, 5) is 0. The summed E-state index contributed by atoms with van der Waals surface area (Å²) in [6, 6.07) is 4.84. The van der Waals surface area contributed by atoms with Gasteiger partial charge in [-0.15, -0.1) is 0 Å². The minimum atomic E-state index is -3.46. The van der Waals surface area contributed by atoms with Crippen molar-refractivity contribution in [2.45, 2.75) is 19.9 Å². The van der Waals surface area contributed by atoms with Crippen LogP contribution < -0.4 is 9.29 Å². The number of aromatic nitrogens is 2. The number of phenols is 1. The number of hydrogen-bond donors (Lipinski definition) is 2. The monoisotopic (exact) mass is 310 g/mol. The van der Waals surface area contributed by atoms with Crippen LogP contribution in [0.25, 0.3) is 0 Å². The van der Waals surface area contributed by atoms with E-state index in [1.54, 1.807) is 12.1 Å². The van der Waals surface area contributed by atoms with Crippen molar-refractivity contribution in [3.05, 3.63) is 42.5 Å². The van der Waals surface area contributed by atoms with Gasteiger partial charge in [-0.2, -0.15) is 0 Å². The third-order valence-electron chi connectivity index (χ3n) is 3.07. The topological polar surface area (TPSA) is 75.2 Å². The molecule has 0 aliphatic heterocycles. The molecule has 2 aromatic rings. The van der Waals surface area contributed by atoms with Crippen molar-refractivity contribution in [2.24, 2.45) is 7.05 Å². The van der Waals surface area contributed by atoms with Crippen LogP contribution in [0.4, 0.5) is 5.69 Å². The zero-order valence-corrected chi connectivity index (χ0v) is 13.0. The average molecular weight is 310 g/mol. The van der Waals surface area contributed by atoms with Gasteiger partial charge in [0.1, 0.15) is 18.1 Å². The molecule has 114 valence electrons. The summed E-state index contributed by atoms with van der Waals surface area (Å²) in [5, 5.41) is 9.73. The molecule has 21 heavy (non-hydrogen) atoms. The Labute approximate surface area is 124 Å². The molecule has 0 aliphatic rings. The van der Waals surface area contributed by atoms with Crippen LogP contribution in [-0.4, -0.2) is 23.8 Å². The maximum atomic E-state index is 12.0. The van der Waals surface area contributed by atoms with Gasteiger partial charge in [-0.3, -0.25) is 4.72 Å². The van der Waals surface area contributed by atoms with Crippen LogP contribution in [0.5, 0.6) is 5.75 Å². The van der Waals surface area contributed by atoms with Crippen LogP contribution in [0.2, 0.25) is 0 Å². The number of nitrogens with zero attached hydrogens (tertiary/aromatic N) is 2. The Hall–Kier alpha value is -2.02. The highest BCUT2D eigenvalue weighted by molar-refractivity contribution is 7.92. The van der Waals surface area contributed by atoms with Gasteiger partial charge >= 0.3 is 0 Å². The highest BCUT2D eigenvalue weighted by Gasteiger charge is 2.13. The van der Waals surface area contributed by atoms with Crippen LogP contribution in [0.1, 0.15) is 12.0 Å². The summed E-state index contributed by atoms with van der Waals surface area (Å²) >= 11 is 0. The molecule has 1 aromatic carbocycles. The molecule has 0 aliphatic carbocycles. The lowest BCUT2D eigenvalue weighted by atomic mass is 10.2. The molecule has 0 unspecified atom stereocenters. The molecule has 1 aromatic heterocycles. The number of imidazole rings is 1. The Balaban J connectivity index is 1.92. The number of rotatable bonds is 6. The van der Waals surface area contributed by atoms with Gasteiger partial charge in [0.15, 0.2) is 0 Å². The molecule has 0 amide bonds. The van der Waals surface area contributed by atoms with Crippen molar-refractivity contribution >= 4 is 15.7 Å². The van der Waals surface area contributed by atoms with Gasteiger partial charge in [-0.25, -0.2) is 17.6 Å². The standard InChI is InChI=1S/C14H19N3O3S/c1-12-4-5-13(14(18)10-12)15-21(19,20)9-3-6-17-8-7-16(2)11-17/h4-5,7-8,10-11,15H,3,6,9H2,1-2H3/p+1. The minimum absolute atomic E-state index is 0.00219. The second kappa shape index (κ2) is 6.17. The number of sulfonamides is 1. The molecule has 0 spiro atoms. The first-order valence-electron chi connectivity index (χ1n) is 6.67. The molecule has 2 rings (SSSR count). The summed E-state index contributed by atoms with van der Waals surface area (Å²) in [6.07, 6.45) is 6.19. The summed E-state index contributed by atoms with van der Waals surface area (Å²) in [7, 11) is -1.55. The molecular weight excluding hydrogens is 290 g/mol. The van der Waals surface area contributed by atoms with Gasteiger partial charge in [0.2, 0.25) is 16.4 Å². The van der Waals surface area contributed by atoms with E-state index in [4.69, 9.17) is 0 Å². The van der Waals surface area contributed by atoms with Crippen molar-refractivity contribution in [1.29, 1.82) is 0 Å². The van der Waals surface area contributed by atoms with E-state index >= 15 is 0 Å². The molecule has 0 radical (unpaired) electrons. The van der Waals surface area contributed by atoms with E-state index in [2.05, 4.69) is 4.72 Å². The number of benzene rings is 1. The molecule has 6 nitrogen and oxygen atoms in total. The van der Waals surface area contributed by atoms with Crippen LogP contribution in [-0.2, 0) is 23.6 Å². The molecule has 2 N–H and O–H groups in total. The van der Waals surface area contributed by atoms with Crippen LogP contribution in [0, 0.1) is 6.92 Å². The number of aromatic hydroxyl groups is 1. The fourth-order valence-electron chi connectivity index (χ4n) is 2.02. The van der Waals surface area contributed by atoms with Gasteiger partial charge in [0, 0.05) is 6.42 Å². The SMILES string of the molecule is Cc1ccc(NS(=O)(=O)CCCn2cc[n+](C)c2)c(O)c1. The highest BCUT2D eigenvalue weighted by atomic mass is 32.2. The van der Waals surface area contributed by atoms with Gasteiger partial charge in [0.25, 0.3) is 0 Å². The maximum Gasteiger partial charge on any atom is 0.243 e. The van der Waals surface area contributed by atoms with E-state index in [0.29, 0.717) is 13.0 Å². The molecule has 0 saturated carbocycles. The Morgan fingerprint density at radius 3 is 2.76 bits per heavy atom. The highest BCUT2D eigenvalue weighted by Crippen LogP contribution is 2.24. The Kier molecular flexibility index (Phi) is 4.52. The average Bonchev–Trinajstić information content (AvgIpc) is 2.78. The normalized spacial score (nSPS) is 11.5. The van der Waals surface area contributed by atoms with E-state index in [1.165, 1.54) is 6.07 Å². The van der Waals surface area contributed by atoms with Crippen molar-refractivity contribution in [3.8, 4) is 5.75 Å². The molecule has 0 atom stereocenters. The van der Waals surface area contributed by atoms with Crippen LogP contribution in [0.3, 0.4) is 0 Å². The smallest absolute Gasteiger partial charge is 0.243 e. The molecule has 0 saturated heterocycles. The number of phenolic OH excluding ortho intramolecular Hbond substituents is 1. The Morgan fingerprint density at radius 1 is 1.38 bits per heavy atom. The lowest BCUT2D eigenvalue weighted by Crippen LogP contribution is -2.24. The van der Waals surface area contributed by atoms with Gasteiger partial charge in [-0.05, 0) is 24.6 Å². The lowest BCUT2D eigenvalue weighted by Gasteiger charge is -2.09. The number of aryl methyl sites for hydroxylation is 3. The molecule has 1 heterocycles. The first-order valence-corrected chi connectivity index (χ1v) is 8.32. The van der Waals surface area contributed by atoms with E-state index < -0.39 is 10.0 Å². The zero-order chi connectivity index (χ0) is 15.5. The number of hydrogen-bond acceptors (Lipinski definition) is 3. The summed E-state index contributed by atoms with van der Waals surface area (Å²) in [6.45, 7) is 2.46. The van der Waals surface area contributed by atoms with Crippen molar-refractivity contribution in [2.75, 3.05) is 10.5 Å². The molecule has 7 heteroatoms. The van der Waals surface area contributed by atoms with E-state index in [9.17, 15) is 13.5 Å². The zero-order valence-electron chi connectivity index (χ0n) is 12.2.